The third-order valence-electron chi connectivity index (χ3n) is 3.64. The Morgan fingerprint density at radius 2 is 2.08 bits per heavy atom. The summed E-state index contributed by atoms with van der Waals surface area (Å²) in [4.78, 5) is 16.6. The lowest BCUT2D eigenvalue weighted by molar-refractivity contribution is -0.118. The van der Waals surface area contributed by atoms with Crippen molar-refractivity contribution in [1.82, 2.24) is 15.0 Å². The number of benzene rings is 2. The lowest BCUT2D eigenvalue weighted by Crippen LogP contribution is -2.20. The maximum atomic E-state index is 12.0. The summed E-state index contributed by atoms with van der Waals surface area (Å²) < 4.78 is 2.09. The van der Waals surface area contributed by atoms with Crippen molar-refractivity contribution in [2.75, 3.05) is 5.75 Å². The number of carbonyl (C=O) groups is 1. The molecular weight excluding hydrogens is 391 g/mol. The minimum Gasteiger partial charge on any atom is -0.319 e. The van der Waals surface area contributed by atoms with Crippen LogP contribution in [0.1, 0.15) is 12.5 Å². The molecule has 3 rings (SSSR count). The standard InChI is InChI=1S/C18H16Cl2N4OS/c1-2-24-15-9-4-3-8-14(15)22-18(24)26-11-16(25)23-21-10-12-6-5-7-13(19)17(12)20/h3-10H,2,11H2,1H3,(H,23,25)/b21-10-. The van der Waals surface area contributed by atoms with Crippen molar-refractivity contribution in [3.63, 3.8) is 0 Å². The summed E-state index contributed by atoms with van der Waals surface area (Å²) in [6.45, 7) is 2.84. The number of amides is 1. The Balaban J connectivity index is 1.61. The van der Waals surface area contributed by atoms with Crippen molar-refractivity contribution in [1.29, 1.82) is 0 Å². The Morgan fingerprint density at radius 3 is 2.88 bits per heavy atom. The summed E-state index contributed by atoms with van der Waals surface area (Å²) >= 11 is 13.4. The average Bonchev–Trinajstić information content (AvgIpc) is 3.01. The van der Waals surface area contributed by atoms with Gasteiger partial charge in [-0.2, -0.15) is 5.10 Å². The molecule has 0 radical (unpaired) electrons. The van der Waals surface area contributed by atoms with Crippen LogP contribution in [0.25, 0.3) is 11.0 Å². The van der Waals surface area contributed by atoms with Crippen LogP contribution in [0.2, 0.25) is 10.0 Å². The normalized spacial score (nSPS) is 11.3. The molecule has 1 amide bonds. The van der Waals surface area contributed by atoms with Gasteiger partial charge in [0.05, 0.1) is 33.0 Å². The molecule has 26 heavy (non-hydrogen) atoms. The van der Waals surface area contributed by atoms with Crippen molar-refractivity contribution in [3.8, 4) is 0 Å². The van der Waals surface area contributed by atoms with Gasteiger partial charge in [0, 0.05) is 12.1 Å². The minimum atomic E-state index is -0.223. The number of fused-ring (bicyclic) bond motifs is 1. The van der Waals surface area contributed by atoms with E-state index < -0.39 is 0 Å². The summed E-state index contributed by atoms with van der Waals surface area (Å²) in [5, 5.41) is 5.59. The third-order valence-corrected chi connectivity index (χ3v) is 5.45. The Bertz CT molecular complexity index is 971. The van der Waals surface area contributed by atoms with Crippen LogP contribution in [0.5, 0.6) is 0 Å². The number of halogens is 2. The van der Waals surface area contributed by atoms with E-state index in [1.54, 1.807) is 18.2 Å². The van der Waals surface area contributed by atoms with E-state index >= 15 is 0 Å². The maximum absolute atomic E-state index is 12.0. The number of aromatic nitrogens is 2. The summed E-state index contributed by atoms with van der Waals surface area (Å²) in [6.07, 6.45) is 1.47. The molecule has 0 spiro atoms. The van der Waals surface area contributed by atoms with Crippen LogP contribution in [-0.4, -0.2) is 27.4 Å². The zero-order valence-corrected chi connectivity index (χ0v) is 16.3. The molecule has 0 atom stereocenters. The number of carbonyl (C=O) groups excluding carboxylic acids is 1. The molecule has 1 N–H and O–H groups in total. The predicted molar refractivity (Wildman–Crippen MR) is 108 cm³/mol. The van der Waals surface area contributed by atoms with Crippen LogP contribution in [0, 0.1) is 0 Å². The van der Waals surface area contributed by atoms with Crippen LogP contribution in [-0.2, 0) is 11.3 Å². The molecule has 0 aliphatic carbocycles. The highest BCUT2D eigenvalue weighted by molar-refractivity contribution is 7.99. The molecule has 2 aromatic carbocycles. The number of nitrogens with one attached hydrogen (secondary N) is 1. The molecular formula is C18H16Cl2N4OS. The molecule has 1 heterocycles. The molecule has 0 fully saturated rings. The Kier molecular flexibility index (Phi) is 6.19. The number of hydrogen-bond donors (Lipinski definition) is 1. The fourth-order valence-corrected chi connectivity index (χ4v) is 3.65. The van der Waals surface area contributed by atoms with Gasteiger partial charge < -0.3 is 4.57 Å². The van der Waals surface area contributed by atoms with E-state index in [0.29, 0.717) is 15.6 Å². The second-order valence-corrected chi connectivity index (χ2v) is 7.08. The molecule has 1 aromatic heterocycles. The first-order chi connectivity index (χ1) is 12.6. The van der Waals surface area contributed by atoms with Crippen molar-refractivity contribution in [2.24, 2.45) is 5.10 Å². The fraction of sp³-hybridized carbons (Fsp3) is 0.167. The number of nitrogens with zero attached hydrogens (tertiary/aromatic N) is 3. The Hall–Kier alpha value is -2.02. The first-order valence-electron chi connectivity index (χ1n) is 7.94. The summed E-state index contributed by atoms with van der Waals surface area (Å²) in [7, 11) is 0. The monoisotopic (exact) mass is 406 g/mol. The third kappa shape index (κ3) is 4.20. The van der Waals surface area contributed by atoms with Crippen LogP contribution in [0.3, 0.4) is 0 Å². The van der Waals surface area contributed by atoms with E-state index in [4.69, 9.17) is 23.2 Å². The smallest absolute Gasteiger partial charge is 0.250 e. The van der Waals surface area contributed by atoms with Gasteiger partial charge in [-0.3, -0.25) is 4.79 Å². The van der Waals surface area contributed by atoms with Crippen LogP contribution in [0.4, 0.5) is 0 Å². The number of thioether (sulfide) groups is 1. The number of para-hydroxylation sites is 2. The average molecular weight is 407 g/mol. The van der Waals surface area contributed by atoms with Gasteiger partial charge in [-0.05, 0) is 25.1 Å². The van der Waals surface area contributed by atoms with E-state index in [2.05, 4.69) is 27.0 Å². The van der Waals surface area contributed by atoms with Crippen LogP contribution in [0.15, 0.2) is 52.7 Å². The SMILES string of the molecule is CCn1c(SCC(=O)N/N=C\c2cccc(Cl)c2Cl)nc2ccccc21. The van der Waals surface area contributed by atoms with Crippen molar-refractivity contribution in [3.05, 3.63) is 58.1 Å². The maximum Gasteiger partial charge on any atom is 0.250 e. The molecule has 0 saturated heterocycles. The number of hydrogen-bond acceptors (Lipinski definition) is 4. The minimum absolute atomic E-state index is 0.212. The van der Waals surface area contributed by atoms with Crippen molar-refractivity contribution >= 4 is 58.1 Å². The van der Waals surface area contributed by atoms with Gasteiger partial charge in [-0.15, -0.1) is 0 Å². The molecule has 0 aliphatic rings. The van der Waals surface area contributed by atoms with Gasteiger partial charge in [0.25, 0.3) is 5.91 Å². The fourth-order valence-electron chi connectivity index (χ4n) is 2.43. The molecule has 0 aliphatic heterocycles. The molecule has 0 unspecified atom stereocenters. The Labute approximate surface area is 165 Å². The number of rotatable bonds is 6. The number of aryl methyl sites for hydroxylation is 1. The zero-order valence-electron chi connectivity index (χ0n) is 13.9. The van der Waals surface area contributed by atoms with Gasteiger partial charge in [0.2, 0.25) is 0 Å². The highest BCUT2D eigenvalue weighted by Crippen LogP contribution is 2.25. The van der Waals surface area contributed by atoms with Gasteiger partial charge in [0.1, 0.15) is 0 Å². The molecule has 5 nitrogen and oxygen atoms in total. The summed E-state index contributed by atoms with van der Waals surface area (Å²) in [5.74, 6) is -0.0108. The number of hydrazone groups is 1. The first-order valence-corrected chi connectivity index (χ1v) is 9.68. The van der Waals surface area contributed by atoms with E-state index in [9.17, 15) is 4.79 Å². The molecule has 3 aromatic rings. The summed E-state index contributed by atoms with van der Waals surface area (Å²) in [6, 6.07) is 13.1. The van der Waals surface area contributed by atoms with Gasteiger partial charge in [0.15, 0.2) is 5.16 Å². The molecule has 8 heteroatoms. The van der Waals surface area contributed by atoms with Crippen LogP contribution < -0.4 is 5.43 Å². The van der Waals surface area contributed by atoms with Crippen molar-refractivity contribution in [2.45, 2.75) is 18.6 Å². The van der Waals surface area contributed by atoms with E-state index in [0.717, 1.165) is 22.7 Å². The van der Waals surface area contributed by atoms with Gasteiger partial charge in [-0.25, -0.2) is 10.4 Å². The summed E-state index contributed by atoms with van der Waals surface area (Å²) in [5.41, 5.74) is 5.11. The van der Waals surface area contributed by atoms with E-state index in [-0.39, 0.29) is 11.7 Å². The molecule has 134 valence electrons. The molecule has 0 bridgehead atoms. The second kappa shape index (κ2) is 8.58. The first kappa shape index (κ1) is 18.8. The topological polar surface area (TPSA) is 59.3 Å². The van der Waals surface area contributed by atoms with Gasteiger partial charge >= 0.3 is 0 Å². The number of imidazole rings is 1. The van der Waals surface area contributed by atoms with E-state index in [1.807, 2.05) is 24.3 Å². The van der Waals surface area contributed by atoms with E-state index in [1.165, 1.54) is 18.0 Å². The molecule has 0 saturated carbocycles. The Morgan fingerprint density at radius 1 is 1.27 bits per heavy atom. The lowest BCUT2D eigenvalue weighted by Gasteiger charge is -2.05. The second-order valence-electron chi connectivity index (χ2n) is 5.35. The quantitative estimate of drug-likeness (QED) is 0.369. The highest BCUT2D eigenvalue weighted by Gasteiger charge is 2.11. The van der Waals surface area contributed by atoms with Crippen molar-refractivity contribution < 1.29 is 4.79 Å². The van der Waals surface area contributed by atoms with Crippen LogP contribution >= 0.6 is 35.0 Å². The largest absolute Gasteiger partial charge is 0.319 e. The lowest BCUT2D eigenvalue weighted by atomic mass is 10.2. The predicted octanol–water partition coefficient (Wildman–Crippen LogP) is 4.61. The van der Waals surface area contributed by atoms with Gasteiger partial charge in [-0.1, -0.05) is 59.2 Å². The highest BCUT2D eigenvalue weighted by atomic mass is 35.5. The zero-order chi connectivity index (χ0) is 18.5.